The Morgan fingerprint density at radius 2 is 1.97 bits per heavy atom. The summed E-state index contributed by atoms with van der Waals surface area (Å²) in [7, 11) is 1.57. The molecule has 0 amide bonds. The lowest BCUT2D eigenvalue weighted by Crippen LogP contribution is -2.18. The van der Waals surface area contributed by atoms with Crippen molar-refractivity contribution in [1.29, 1.82) is 5.41 Å². The number of amidine groups is 1. The maximum absolute atomic E-state index is 12.8. The van der Waals surface area contributed by atoms with E-state index in [1.807, 2.05) is 19.1 Å². The van der Waals surface area contributed by atoms with Crippen LogP contribution in [0, 0.1) is 5.41 Å². The molecule has 0 bridgehead atoms. The van der Waals surface area contributed by atoms with Gasteiger partial charge in [0.2, 0.25) is 0 Å². The molecule has 0 radical (unpaired) electrons. The van der Waals surface area contributed by atoms with Crippen LogP contribution in [0.5, 0.6) is 11.5 Å². The first-order valence-electron chi connectivity index (χ1n) is 10.8. The van der Waals surface area contributed by atoms with Crippen LogP contribution in [0.3, 0.4) is 0 Å². The Morgan fingerprint density at radius 3 is 2.63 bits per heavy atom. The Morgan fingerprint density at radius 1 is 1.20 bits per heavy atom. The molecule has 0 saturated heterocycles. The van der Waals surface area contributed by atoms with Gasteiger partial charge in [-0.1, -0.05) is 6.07 Å². The van der Waals surface area contributed by atoms with Crippen molar-refractivity contribution in [2.75, 3.05) is 24.8 Å². The number of H-pyrrole nitrogens is 1. The Labute approximate surface area is 201 Å². The summed E-state index contributed by atoms with van der Waals surface area (Å²) in [5.41, 5.74) is 13.5. The summed E-state index contributed by atoms with van der Waals surface area (Å²) in [6.45, 7) is 2.34. The summed E-state index contributed by atoms with van der Waals surface area (Å²) in [4.78, 5) is 19.8. The first-order chi connectivity index (χ1) is 16.9. The lowest BCUT2D eigenvalue weighted by atomic mass is 10.0. The van der Waals surface area contributed by atoms with E-state index in [4.69, 9.17) is 26.4 Å². The van der Waals surface area contributed by atoms with Crippen molar-refractivity contribution in [2.45, 2.75) is 13.0 Å². The number of methoxy groups -OCH3 is 1. The number of nitrogens with zero attached hydrogens (tertiary/aromatic N) is 3. The maximum atomic E-state index is 12.8. The first-order valence-corrected chi connectivity index (χ1v) is 10.8. The maximum Gasteiger partial charge on any atom is 0.349 e. The lowest BCUT2D eigenvalue weighted by molar-refractivity contribution is 0.310. The highest BCUT2D eigenvalue weighted by Gasteiger charge is 2.23. The van der Waals surface area contributed by atoms with E-state index >= 15 is 0 Å². The van der Waals surface area contributed by atoms with Gasteiger partial charge >= 0.3 is 5.69 Å². The van der Waals surface area contributed by atoms with Crippen LogP contribution in [0.25, 0.3) is 5.82 Å². The molecule has 0 aliphatic rings. The minimum absolute atomic E-state index is 0.0272. The van der Waals surface area contributed by atoms with Gasteiger partial charge in [-0.15, -0.1) is 5.10 Å². The molecule has 0 unspecified atom stereocenters. The molecule has 4 rings (SSSR count). The molecular weight excluding hydrogens is 448 g/mol. The number of ether oxygens (including phenoxy) is 2. The van der Waals surface area contributed by atoms with Crippen molar-refractivity contribution in [3.63, 3.8) is 0 Å². The van der Waals surface area contributed by atoms with Crippen molar-refractivity contribution in [2.24, 2.45) is 5.73 Å². The Hall–Kier alpha value is -4.80. The molecule has 35 heavy (non-hydrogen) atoms. The summed E-state index contributed by atoms with van der Waals surface area (Å²) < 4.78 is 12.3. The second kappa shape index (κ2) is 10.00. The predicted molar refractivity (Wildman–Crippen MR) is 133 cm³/mol. The number of aromatic amines is 1. The highest BCUT2D eigenvalue weighted by molar-refractivity contribution is 5.95. The Balaban J connectivity index is 1.80. The molecule has 2 aromatic carbocycles. The van der Waals surface area contributed by atoms with E-state index in [1.165, 1.54) is 6.20 Å². The summed E-state index contributed by atoms with van der Waals surface area (Å²) in [5.74, 6) is 1.68. The Kier molecular flexibility index (Phi) is 6.67. The molecule has 180 valence electrons. The second-order valence-electron chi connectivity index (χ2n) is 7.56. The van der Waals surface area contributed by atoms with Crippen LogP contribution in [0.1, 0.15) is 29.9 Å². The summed E-state index contributed by atoms with van der Waals surface area (Å²) >= 11 is 0. The van der Waals surface area contributed by atoms with Gasteiger partial charge in [-0.05, 0) is 61.0 Å². The zero-order valence-corrected chi connectivity index (χ0v) is 19.3. The monoisotopic (exact) mass is 474 g/mol. The van der Waals surface area contributed by atoms with Gasteiger partial charge in [0.15, 0.2) is 23.1 Å². The van der Waals surface area contributed by atoms with Crippen LogP contribution in [0.15, 0.2) is 65.6 Å². The number of hydrogen-bond acceptors (Lipinski definition) is 8. The number of nitrogens with one attached hydrogen (secondary N) is 3. The van der Waals surface area contributed by atoms with Crippen LogP contribution in [-0.4, -0.2) is 39.3 Å². The number of aromatic nitrogens is 4. The highest BCUT2D eigenvalue weighted by atomic mass is 16.5. The van der Waals surface area contributed by atoms with E-state index in [0.717, 1.165) is 15.9 Å². The van der Waals surface area contributed by atoms with Gasteiger partial charge in [-0.3, -0.25) is 10.4 Å². The van der Waals surface area contributed by atoms with Crippen LogP contribution < -0.4 is 31.9 Å². The van der Waals surface area contributed by atoms with E-state index in [2.05, 4.69) is 20.4 Å². The van der Waals surface area contributed by atoms with Crippen LogP contribution in [0.2, 0.25) is 0 Å². The van der Waals surface area contributed by atoms with Crippen molar-refractivity contribution < 1.29 is 9.47 Å². The average Bonchev–Trinajstić information content (AvgIpc) is 3.24. The highest BCUT2D eigenvalue weighted by Crippen LogP contribution is 2.33. The molecule has 11 nitrogen and oxygen atoms in total. The van der Waals surface area contributed by atoms with Crippen LogP contribution in [0.4, 0.5) is 11.4 Å². The van der Waals surface area contributed by atoms with Crippen molar-refractivity contribution in [3.8, 4) is 17.3 Å². The number of rotatable bonds is 9. The fourth-order valence-corrected chi connectivity index (χ4v) is 3.56. The normalized spacial score (nSPS) is 11.6. The molecule has 7 N–H and O–H groups in total. The minimum Gasteiger partial charge on any atom is -0.493 e. The number of anilines is 2. The minimum atomic E-state index is -0.581. The van der Waals surface area contributed by atoms with Crippen molar-refractivity contribution >= 4 is 17.2 Å². The first kappa shape index (κ1) is 23.4. The smallest absolute Gasteiger partial charge is 0.349 e. The van der Waals surface area contributed by atoms with E-state index in [0.29, 0.717) is 35.2 Å². The third-order valence-corrected chi connectivity index (χ3v) is 5.25. The number of benzene rings is 2. The van der Waals surface area contributed by atoms with E-state index in [-0.39, 0.29) is 11.7 Å². The number of hydrogen-bond donors (Lipinski definition) is 5. The number of nitrogens with two attached hydrogens (primary N) is 2. The second-order valence-corrected chi connectivity index (χ2v) is 7.56. The summed E-state index contributed by atoms with van der Waals surface area (Å²) in [5, 5.41) is 15.5. The third kappa shape index (κ3) is 4.93. The van der Waals surface area contributed by atoms with Crippen LogP contribution >= 0.6 is 0 Å². The fourth-order valence-electron chi connectivity index (χ4n) is 3.56. The van der Waals surface area contributed by atoms with Gasteiger partial charge in [0.05, 0.1) is 19.4 Å². The van der Waals surface area contributed by atoms with Gasteiger partial charge < -0.3 is 26.3 Å². The predicted octanol–water partition coefficient (Wildman–Crippen LogP) is 2.43. The molecule has 0 aliphatic carbocycles. The van der Waals surface area contributed by atoms with Crippen molar-refractivity contribution in [3.05, 3.63) is 88.2 Å². The number of pyridine rings is 1. The zero-order valence-electron chi connectivity index (χ0n) is 19.3. The van der Waals surface area contributed by atoms with Gasteiger partial charge in [0.1, 0.15) is 11.9 Å². The summed E-state index contributed by atoms with van der Waals surface area (Å²) in [6, 6.07) is 15.3. The third-order valence-electron chi connectivity index (χ3n) is 5.25. The molecule has 0 saturated carbocycles. The standard InChI is InChI=1S/C24H26N8O3/c1-3-35-19-13-15(8-11-18(19)34-2)20(29-16-9-6-14(7-10-16)21(26)27)22-30-24(33)32(31-22)23-17(25)5-4-12-28-23/h4-13,20,29H,3,25H2,1-2H3,(H3,26,27)(H,30,31,33)/t20-/m0/s1. The molecule has 11 heteroatoms. The lowest BCUT2D eigenvalue weighted by Gasteiger charge is -2.20. The largest absolute Gasteiger partial charge is 0.493 e. The quantitative estimate of drug-likeness (QED) is 0.182. The fraction of sp³-hybridized carbons (Fsp3) is 0.167. The van der Waals surface area contributed by atoms with Gasteiger partial charge in [0, 0.05) is 17.4 Å². The molecule has 2 heterocycles. The van der Waals surface area contributed by atoms with E-state index in [1.54, 1.807) is 49.6 Å². The molecule has 4 aromatic rings. The molecule has 0 fully saturated rings. The average molecular weight is 475 g/mol. The van der Waals surface area contributed by atoms with E-state index in [9.17, 15) is 4.79 Å². The van der Waals surface area contributed by atoms with E-state index < -0.39 is 11.7 Å². The molecule has 2 aromatic heterocycles. The molecule has 0 aliphatic heterocycles. The number of nitrogen functional groups attached to an aromatic ring is 2. The zero-order chi connectivity index (χ0) is 24.9. The van der Waals surface area contributed by atoms with Crippen molar-refractivity contribution in [1.82, 2.24) is 19.7 Å². The van der Waals surface area contributed by atoms with Gasteiger partial charge in [-0.25, -0.2) is 9.78 Å². The Bertz CT molecular complexity index is 1390. The van der Waals surface area contributed by atoms with Gasteiger partial charge in [-0.2, -0.15) is 4.68 Å². The topological polar surface area (TPSA) is 170 Å². The van der Waals surface area contributed by atoms with Crippen LogP contribution in [-0.2, 0) is 0 Å². The molecule has 0 spiro atoms. The van der Waals surface area contributed by atoms with Gasteiger partial charge in [0.25, 0.3) is 0 Å². The SMILES string of the molecule is CCOc1cc([C@H](Nc2ccc(C(=N)N)cc2)c2nn(-c3ncccc3N)c(=O)[nH]2)ccc1OC. The summed E-state index contributed by atoms with van der Waals surface area (Å²) in [6.07, 6.45) is 1.54. The molecule has 1 atom stereocenters. The molecular formula is C24H26N8O3.